The maximum Gasteiger partial charge on any atom is 0.322 e. The number of pyridine rings is 1. The predicted molar refractivity (Wildman–Crippen MR) is 88.1 cm³/mol. The number of carboxylic acid groups (broad SMARTS) is 1. The minimum Gasteiger partial charge on any atom is -0.506 e. The Kier molecular flexibility index (Phi) is 5.48. The third-order valence-corrected chi connectivity index (χ3v) is 3.36. The predicted octanol–water partition coefficient (Wildman–Crippen LogP) is 0.369. The highest BCUT2D eigenvalue weighted by molar-refractivity contribution is 6.03. The van der Waals surface area contributed by atoms with E-state index in [0.717, 1.165) is 4.73 Å². The van der Waals surface area contributed by atoms with Gasteiger partial charge in [-0.2, -0.15) is 0 Å². The Bertz CT molecular complexity index is 873. The largest absolute Gasteiger partial charge is 0.506 e. The molecule has 0 aliphatic rings. The average molecular weight is 350 g/mol. The van der Waals surface area contributed by atoms with Crippen molar-refractivity contribution in [2.24, 2.45) is 0 Å². The van der Waals surface area contributed by atoms with Crippen molar-refractivity contribution in [1.82, 2.24) is 10.0 Å². The number of carbonyl (C=O) groups excluding carboxylic acids is 1. The van der Waals surface area contributed by atoms with Crippen molar-refractivity contribution in [2.75, 3.05) is 20.3 Å². The summed E-state index contributed by atoms with van der Waals surface area (Å²) >= 11 is 0. The summed E-state index contributed by atoms with van der Waals surface area (Å²) in [6, 6.07) is 4.55. The first-order valence-corrected chi connectivity index (χ1v) is 7.49. The molecule has 1 aromatic carbocycles. The summed E-state index contributed by atoms with van der Waals surface area (Å²) < 4.78 is 6.00. The van der Waals surface area contributed by atoms with Gasteiger partial charge in [0.15, 0.2) is 5.56 Å². The molecule has 0 aliphatic heterocycles. The number of aromatic nitrogens is 1. The van der Waals surface area contributed by atoms with Gasteiger partial charge in [0.05, 0.1) is 12.6 Å². The summed E-state index contributed by atoms with van der Waals surface area (Å²) in [5.41, 5.74) is -1.23. The van der Waals surface area contributed by atoms with Crippen molar-refractivity contribution in [1.29, 1.82) is 0 Å². The third kappa shape index (κ3) is 3.65. The smallest absolute Gasteiger partial charge is 0.322 e. The molecule has 134 valence electrons. The first-order valence-electron chi connectivity index (χ1n) is 7.49. The minimum absolute atomic E-state index is 0.163. The van der Waals surface area contributed by atoms with E-state index in [1.54, 1.807) is 6.07 Å². The maximum atomic E-state index is 12.6. The molecule has 1 heterocycles. The molecule has 1 amide bonds. The Hall–Kier alpha value is -3.23. The van der Waals surface area contributed by atoms with E-state index in [1.165, 1.54) is 19.2 Å². The molecule has 9 heteroatoms. The second-order valence-electron chi connectivity index (χ2n) is 5.12. The van der Waals surface area contributed by atoms with E-state index >= 15 is 0 Å². The van der Waals surface area contributed by atoms with Crippen LogP contribution in [0.3, 0.4) is 0 Å². The van der Waals surface area contributed by atoms with Gasteiger partial charge in [-0.1, -0.05) is 6.92 Å². The van der Waals surface area contributed by atoms with Crippen molar-refractivity contribution in [2.45, 2.75) is 13.3 Å². The third-order valence-electron chi connectivity index (χ3n) is 3.36. The molecule has 2 aromatic rings. The number of carbonyl (C=O) groups is 2. The molecule has 1 aromatic heterocycles. The number of fused-ring (bicyclic) bond motifs is 1. The SMILES string of the molecule is CCCOn1c(=O)c(C(=O)NCC(=O)O)c(O)c2cc(OC)ccc21. The number of rotatable bonds is 7. The molecule has 0 saturated heterocycles. The van der Waals surface area contributed by atoms with E-state index in [9.17, 15) is 19.5 Å². The molecule has 0 unspecified atom stereocenters. The highest BCUT2D eigenvalue weighted by Crippen LogP contribution is 2.29. The Morgan fingerprint density at radius 3 is 2.64 bits per heavy atom. The Balaban J connectivity index is 2.69. The minimum atomic E-state index is -1.28. The molecule has 3 N–H and O–H groups in total. The number of nitrogens with zero attached hydrogens (tertiary/aromatic N) is 1. The van der Waals surface area contributed by atoms with Crippen LogP contribution < -0.4 is 20.5 Å². The maximum absolute atomic E-state index is 12.6. The van der Waals surface area contributed by atoms with Crippen LogP contribution in [0.1, 0.15) is 23.7 Å². The zero-order valence-corrected chi connectivity index (χ0v) is 13.7. The van der Waals surface area contributed by atoms with Crippen molar-refractivity contribution < 1.29 is 29.4 Å². The fraction of sp³-hybridized carbons (Fsp3) is 0.312. The first-order chi connectivity index (χ1) is 11.9. The Labute approximate surface area is 142 Å². The number of benzene rings is 1. The number of hydrogen-bond donors (Lipinski definition) is 3. The summed E-state index contributed by atoms with van der Waals surface area (Å²) in [6.07, 6.45) is 0.617. The van der Waals surface area contributed by atoms with E-state index in [2.05, 4.69) is 5.32 Å². The monoisotopic (exact) mass is 350 g/mol. The van der Waals surface area contributed by atoms with Gasteiger partial charge >= 0.3 is 5.97 Å². The molecule has 0 saturated carbocycles. The quantitative estimate of drug-likeness (QED) is 0.658. The number of aromatic hydroxyl groups is 1. The van der Waals surface area contributed by atoms with Crippen LogP contribution >= 0.6 is 0 Å². The lowest BCUT2D eigenvalue weighted by molar-refractivity contribution is -0.135. The Morgan fingerprint density at radius 2 is 2.04 bits per heavy atom. The van der Waals surface area contributed by atoms with Gasteiger partial charge in [-0.3, -0.25) is 14.4 Å². The van der Waals surface area contributed by atoms with Gasteiger partial charge in [-0.15, -0.1) is 4.73 Å². The lowest BCUT2D eigenvalue weighted by Gasteiger charge is -2.15. The van der Waals surface area contributed by atoms with Crippen LogP contribution in [0.2, 0.25) is 0 Å². The Morgan fingerprint density at radius 1 is 1.32 bits per heavy atom. The van der Waals surface area contributed by atoms with Gasteiger partial charge in [-0.05, 0) is 24.6 Å². The average Bonchev–Trinajstić information content (AvgIpc) is 2.59. The fourth-order valence-corrected chi connectivity index (χ4v) is 2.22. The summed E-state index contributed by atoms with van der Waals surface area (Å²) in [6.45, 7) is 1.36. The molecule has 0 aliphatic carbocycles. The van der Waals surface area contributed by atoms with Crippen LogP contribution in [0.25, 0.3) is 10.9 Å². The highest BCUT2D eigenvalue weighted by Gasteiger charge is 2.23. The van der Waals surface area contributed by atoms with Crippen molar-refractivity contribution in [3.8, 4) is 11.5 Å². The zero-order chi connectivity index (χ0) is 18.6. The number of ether oxygens (including phenoxy) is 1. The summed E-state index contributed by atoms with van der Waals surface area (Å²) in [4.78, 5) is 40.8. The van der Waals surface area contributed by atoms with Gasteiger partial charge in [0.2, 0.25) is 0 Å². The fourth-order valence-electron chi connectivity index (χ4n) is 2.22. The van der Waals surface area contributed by atoms with Crippen LogP contribution in [-0.4, -0.2) is 47.1 Å². The first kappa shape index (κ1) is 18.1. The van der Waals surface area contributed by atoms with E-state index in [-0.39, 0.29) is 17.5 Å². The summed E-state index contributed by atoms with van der Waals surface area (Å²) in [7, 11) is 1.43. The molecule has 2 rings (SSSR count). The van der Waals surface area contributed by atoms with Crippen LogP contribution in [0.4, 0.5) is 0 Å². The van der Waals surface area contributed by atoms with Crippen molar-refractivity contribution >= 4 is 22.8 Å². The number of nitrogens with one attached hydrogen (secondary N) is 1. The highest BCUT2D eigenvalue weighted by atomic mass is 16.7. The lowest BCUT2D eigenvalue weighted by atomic mass is 10.1. The number of aliphatic carboxylic acids is 1. The second-order valence-corrected chi connectivity index (χ2v) is 5.12. The van der Waals surface area contributed by atoms with E-state index in [1.807, 2.05) is 6.92 Å². The zero-order valence-electron chi connectivity index (χ0n) is 13.7. The molecule has 25 heavy (non-hydrogen) atoms. The van der Waals surface area contributed by atoms with Gasteiger partial charge in [0.1, 0.15) is 24.7 Å². The van der Waals surface area contributed by atoms with Gasteiger partial charge in [-0.25, -0.2) is 0 Å². The molecule has 9 nitrogen and oxygen atoms in total. The molecule has 0 fully saturated rings. The van der Waals surface area contributed by atoms with E-state index in [4.69, 9.17) is 14.7 Å². The normalized spacial score (nSPS) is 10.5. The molecule has 0 bridgehead atoms. The summed E-state index contributed by atoms with van der Waals surface area (Å²) in [5, 5.41) is 21.3. The molecule has 0 spiro atoms. The van der Waals surface area contributed by atoms with Gasteiger partial charge in [0.25, 0.3) is 11.5 Å². The number of carboxylic acids is 1. The van der Waals surface area contributed by atoms with E-state index in [0.29, 0.717) is 12.2 Å². The van der Waals surface area contributed by atoms with Crippen molar-refractivity contribution in [3.05, 3.63) is 34.1 Å². The second kappa shape index (κ2) is 7.56. The van der Waals surface area contributed by atoms with E-state index < -0.39 is 35.3 Å². The molecule has 0 atom stereocenters. The van der Waals surface area contributed by atoms with Crippen LogP contribution in [0, 0.1) is 0 Å². The lowest BCUT2D eigenvalue weighted by Crippen LogP contribution is -2.37. The number of hydrogen-bond acceptors (Lipinski definition) is 6. The van der Waals surface area contributed by atoms with Crippen molar-refractivity contribution in [3.63, 3.8) is 0 Å². The van der Waals surface area contributed by atoms with Crippen LogP contribution in [0.5, 0.6) is 11.5 Å². The summed E-state index contributed by atoms with van der Waals surface area (Å²) in [5.74, 6) is -2.46. The number of amides is 1. The van der Waals surface area contributed by atoms with Crippen LogP contribution in [0.15, 0.2) is 23.0 Å². The van der Waals surface area contributed by atoms with Gasteiger partial charge in [0, 0.05) is 5.39 Å². The molecular weight excluding hydrogens is 332 g/mol. The topological polar surface area (TPSA) is 127 Å². The molecular formula is C16H18N2O7. The van der Waals surface area contributed by atoms with Gasteiger partial charge < -0.3 is 25.1 Å². The number of methoxy groups -OCH3 is 1. The van der Waals surface area contributed by atoms with Crippen LogP contribution in [-0.2, 0) is 4.79 Å². The molecule has 0 radical (unpaired) electrons. The standard InChI is InChI=1S/C16H18N2O7/c1-3-6-25-18-11-5-4-9(24-2)7-10(11)14(21)13(16(18)23)15(22)17-8-12(19)20/h4-5,7,21H,3,6,8H2,1-2H3,(H,17,22)(H,19,20).